The van der Waals surface area contributed by atoms with Crippen LogP contribution in [-0.4, -0.2) is 24.2 Å². The molecule has 4 heteroatoms. The van der Waals surface area contributed by atoms with Gasteiger partial charge in [0.25, 0.3) is 0 Å². The predicted molar refractivity (Wildman–Crippen MR) is 92.2 cm³/mol. The van der Waals surface area contributed by atoms with E-state index in [0.29, 0.717) is 18.4 Å². The van der Waals surface area contributed by atoms with Crippen molar-refractivity contribution in [1.82, 2.24) is 0 Å². The molecule has 0 bridgehead atoms. The summed E-state index contributed by atoms with van der Waals surface area (Å²) in [6, 6.07) is 5.74. The Morgan fingerprint density at radius 1 is 1.35 bits per heavy atom. The molecule has 23 heavy (non-hydrogen) atoms. The van der Waals surface area contributed by atoms with Gasteiger partial charge in [-0.1, -0.05) is 36.4 Å². The van der Waals surface area contributed by atoms with Crippen molar-refractivity contribution in [1.29, 1.82) is 0 Å². The molecule has 0 atom stereocenters. The van der Waals surface area contributed by atoms with E-state index in [9.17, 15) is 14.3 Å². The maximum Gasteiger partial charge on any atom is 0.336 e. The molecule has 1 N–H and O–H groups in total. The summed E-state index contributed by atoms with van der Waals surface area (Å²) in [6.07, 6.45) is 9.89. The van der Waals surface area contributed by atoms with Gasteiger partial charge in [0.2, 0.25) is 0 Å². The van der Waals surface area contributed by atoms with Gasteiger partial charge in [0.15, 0.2) is 0 Å². The van der Waals surface area contributed by atoms with Crippen LogP contribution in [0.15, 0.2) is 61.5 Å². The summed E-state index contributed by atoms with van der Waals surface area (Å²) >= 11 is 0. The number of carbonyl (C=O) groups is 1. The number of aryl methyl sites for hydroxylation is 1. The zero-order chi connectivity index (χ0) is 16.7. The minimum Gasteiger partial charge on any atom is -0.478 e. The first kappa shape index (κ1) is 16.7. The van der Waals surface area contributed by atoms with Gasteiger partial charge in [0.05, 0.1) is 11.9 Å². The fourth-order valence-corrected chi connectivity index (χ4v) is 2.83. The number of nitrogens with zero attached hydrogens (tertiary/aromatic N) is 1. The lowest BCUT2D eigenvalue weighted by molar-refractivity contribution is -0.130. The van der Waals surface area contributed by atoms with Crippen molar-refractivity contribution in [2.45, 2.75) is 12.8 Å². The Morgan fingerprint density at radius 2 is 2.17 bits per heavy atom. The van der Waals surface area contributed by atoms with Crippen LogP contribution >= 0.6 is 0 Å². The largest absolute Gasteiger partial charge is 0.478 e. The van der Waals surface area contributed by atoms with Crippen molar-refractivity contribution < 1.29 is 14.3 Å². The van der Waals surface area contributed by atoms with Crippen molar-refractivity contribution in [3.05, 3.63) is 72.6 Å². The first-order chi connectivity index (χ1) is 11.2. The summed E-state index contributed by atoms with van der Waals surface area (Å²) in [5.74, 6) is -1.00. The Balaban J connectivity index is 2.52. The third-order valence-corrected chi connectivity index (χ3v) is 3.74. The van der Waals surface area contributed by atoms with E-state index in [-0.39, 0.29) is 5.57 Å². The highest BCUT2D eigenvalue weighted by Gasteiger charge is 2.23. The average molecular weight is 313 g/mol. The second-order valence-corrected chi connectivity index (χ2v) is 5.24. The van der Waals surface area contributed by atoms with Gasteiger partial charge in [0, 0.05) is 24.3 Å². The van der Waals surface area contributed by atoms with Crippen LogP contribution in [0.3, 0.4) is 0 Å². The Morgan fingerprint density at radius 3 is 2.87 bits per heavy atom. The summed E-state index contributed by atoms with van der Waals surface area (Å²) in [5, 5.41) is 9.57. The third kappa shape index (κ3) is 3.97. The van der Waals surface area contributed by atoms with Crippen LogP contribution < -0.4 is 4.90 Å². The maximum atomic E-state index is 12.0. The summed E-state index contributed by atoms with van der Waals surface area (Å²) in [6.45, 7) is 5.34. The van der Waals surface area contributed by atoms with E-state index in [4.69, 9.17) is 0 Å². The Kier molecular flexibility index (Phi) is 5.92. The molecule has 0 radical (unpaired) electrons. The van der Waals surface area contributed by atoms with Crippen molar-refractivity contribution in [3.63, 3.8) is 0 Å². The summed E-state index contributed by atoms with van der Waals surface area (Å²) in [5.41, 5.74) is 2.99. The molecular formula is C19H20FNO2. The lowest BCUT2D eigenvalue weighted by atomic mass is 9.93. The van der Waals surface area contributed by atoms with Crippen LogP contribution in [0.2, 0.25) is 0 Å². The quantitative estimate of drug-likeness (QED) is 0.487. The van der Waals surface area contributed by atoms with E-state index in [1.54, 1.807) is 0 Å². The molecule has 120 valence electrons. The molecule has 1 aromatic carbocycles. The van der Waals surface area contributed by atoms with Crippen LogP contribution in [0.1, 0.15) is 17.5 Å². The molecule has 0 unspecified atom stereocenters. The maximum absolute atomic E-state index is 12.0. The topological polar surface area (TPSA) is 40.5 Å². The Hall–Kier alpha value is -2.62. The van der Waals surface area contributed by atoms with Crippen LogP contribution in [0, 0.1) is 0 Å². The van der Waals surface area contributed by atoms with E-state index in [0.717, 1.165) is 30.6 Å². The predicted octanol–water partition coefficient (Wildman–Crippen LogP) is 4.13. The summed E-state index contributed by atoms with van der Waals surface area (Å²) in [7, 11) is 0. The van der Waals surface area contributed by atoms with Crippen molar-refractivity contribution in [3.8, 4) is 0 Å². The lowest BCUT2D eigenvalue weighted by Gasteiger charge is -2.32. The fraction of sp³-hybridized carbons (Fsp3) is 0.211. The number of allylic oxidation sites excluding steroid dienone is 4. The van der Waals surface area contributed by atoms with Gasteiger partial charge in [-0.25, -0.2) is 9.18 Å². The van der Waals surface area contributed by atoms with Gasteiger partial charge < -0.3 is 10.0 Å². The molecule has 3 nitrogen and oxygen atoms in total. The minimum atomic E-state index is -1.00. The van der Waals surface area contributed by atoms with Gasteiger partial charge in [-0.2, -0.15) is 0 Å². The number of hydrogen-bond acceptors (Lipinski definition) is 2. The highest BCUT2D eigenvalue weighted by Crippen LogP contribution is 2.35. The number of benzene rings is 1. The number of halogens is 1. The molecule has 0 fully saturated rings. The van der Waals surface area contributed by atoms with E-state index in [1.807, 2.05) is 24.3 Å². The zero-order valence-electron chi connectivity index (χ0n) is 12.9. The summed E-state index contributed by atoms with van der Waals surface area (Å²) in [4.78, 5) is 13.8. The van der Waals surface area contributed by atoms with Crippen molar-refractivity contribution >= 4 is 17.2 Å². The molecule has 0 aromatic heterocycles. The SMILES string of the molecule is C=CCN1CCCc2cccc(C(=CC=CC=CF)C(=O)O)c21. The minimum absolute atomic E-state index is 0.196. The molecule has 1 aromatic rings. The Bertz CT molecular complexity index is 674. The first-order valence-electron chi connectivity index (χ1n) is 7.54. The number of carboxylic acids is 1. The van der Waals surface area contributed by atoms with E-state index < -0.39 is 5.97 Å². The van der Waals surface area contributed by atoms with Crippen molar-refractivity contribution in [2.75, 3.05) is 18.0 Å². The van der Waals surface area contributed by atoms with E-state index >= 15 is 0 Å². The average Bonchev–Trinajstić information content (AvgIpc) is 2.55. The third-order valence-electron chi connectivity index (χ3n) is 3.74. The summed E-state index contributed by atoms with van der Waals surface area (Å²) < 4.78 is 12.0. The smallest absolute Gasteiger partial charge is 0.336 e. The normalized spacial score (nSPS) is 15.2. The van der Waals surface area contributed by atoms with Gasteiger partial charge in [-0.15, -0.1) is 6.58 Å². The van der Waals surface area contributed by atoms with Crippen LogP contribution in [0.4, 0.5) is 10.1 Å². The van der Waals surface area contributed by atoms with Gasteiger partial charge >= 0.3 is 5.97 Å². The highest BCUT2D eigenvalue weighted by atomic mass is 19.1. The number of anilines is 1. The number of carboxylic acid groups (broad SMARTS) is 1. The van der Waals surface area contributed by atoms with Crippen LogP contribution in [0.5, 0.6) is 0 Å². The molecular weight excluding hydrogens is 293 g/mol. The second-order valence-electron chi connectivity index (χ2n) is 5.24. The molecule has 1 aliphatic rings. The fourth-order valence-electron chi connectivity index (χ4n) is 2.83. The number of rotatable bonds is 6. The van der Waals surface area contributed by atoms with Gasteiger partial charge in [0.1, 0.15) is 0 Å². The molecule has 0 saturated carbocycles. The van der Waals surface area contributed by atoms with E-state index in [1.165, 1.54) is 24.3 Å². The van der Waals surface area contributed by atoms with Crippen LogP contribution in [-0.2, 0) is 11.2 Å². The van der Waals surface area contributed by atoms with Gasteiger partial charge in [-0.3, -0.25) is 0 Å². The van der Waals surface area contributed by atoms with Crippen LogP contribution in [0.25, 0.3) is 5.57 Å². The number of para-hydroxylation sites is 1. The highest BCUT2D eigenvalue weighted by molar-refractivity contribution is 6.17. The standard InChI is InChI=1S/C19H20FNO2/c1-2-13-21-14-7-9-15-8-6-11-16(18(15)21)17(19(22)23)10-4-3-5-12-20/h2-6,8,10-12H,1,7,9,13-14H2,(H,22,23). The second kappa shape index (κ2) is 8.13. The molecule has 1 heterocycles. The molecule has 2 rings (SSSR count). The number of fused-ring (bicyclic) bond motifs is 1. The molecule has 0 saturated heterocycles. The molecule has 0 aliphatic carbocycles. The Labute approximate surface area is 135 Å². The zero-order valence-corrected chi connectivity index (χ0v) is 12.9. The lowest BCUT2D eigenvalue weighted by Crippen LogP contribution is -2.30. The molecule has 0 amide bonds. The van der Waals surface area contributed by atoms with Crippen molar-refractivity contribution in [2.24, 2.45) is 0 Å². The molecule has 1 aliphatic heterocycles. The molecule has 0 spiro atoms. The number of hydrogen-bond donors (Lipinski definition) is 1. The van der Waals surface area contributed by atoms with Gasteiger partial charge in [-0.05, 0) is 30.6 Å². The monoisotopic (exact) mass is 313 g/mol. The first-order valence-corrected chi connectivity index (χ1v) is 7.54. The number of aliphatic carboxylic acids is 1. The van der Waals surface area contributed by atoms with E-state index in [2.05, 4.69) is 11.5 Å².